The van der Waals surface area contributed by atoms with Gasteiger partial charge >= 0.3 is 5.97 Å². The molecule has 1 N–H and O–H groups in total. The van der Waals surface area contributed by atoms with Gasteiger partial charge in [-0.3, -0.25) is 4.79 Å². The van der Waals surface area contributed by atoms with Crippen LogP contribution < -0.4 is 5.32 Å². The number of unbranched alkanes of at least 4 members (excludes halogenated alkanes) is 15. The Hall–Kier alpha value is -1.06. The highest BCUT2D eigenvalue weighted by atomic mass is 16.5. The van der Waals surface area contributed by atoms with Crippen LogP contribution in [0.4, 0.5) is 0 Å². The lowest BCUT2D eigenvalue weighted by Crippen LogP contribution is -2.39. The molecule has 29 heavy (non-hydrogen) atoms. The van der Waals surface area contributed by atoms with E-state index in [1.54, 1.807) is 6.92 Å². The first kappa shape index (κ1) is 27.9. The minimum absolute atomic E-state index is 0.0664. The molecule has 172 valence electrons. The lowest BCUT2D eigenvalue weighted by Gasteiger charge is -2.13. The summed E-state index contributed by atoms with van der Waals surface area (Å²) in [6.45, 7) is 6.47. The van der Waals surface area contributed by atoms with Crippen molar-refractivity contribution in [2.45, 2.75) is 142 Å². The number of hydrogen-bond acceptors (Lipinski definition) is 3. The SMILES string of the molecule is CCCCCCCCCCCCCCCCCOC(=O)[C@H](C)NC(=O)CCCC. The topological polar surface area (TPSA) is 55.4 Å². The Labute approximate surface area is 180 Å². The Morgan fingerprint density at radius 1 is 0.655 bits per heavy atom. The van der Waals surface area contributed by atoms with Crippen LogP contribution in [-0.2, 0) is 14.3 Å². The van der Waals surface area contributed by atoms with Gasteiger partial charge in [-0.05, 0) is 19.8 Å². The summed E-state index contributed by atoms with van der Waals surface area (Å²) in [5.41, 5.74) is 0. The van der Waals surface area contributed by atoms with Crippen molar-refractivity contribution < 1.29 is 14.3 Å². The molecule has 1 amide bonds. The summed E-state index contributed by atoms with van der Waals surface area (Å²) in [5.74, 6) is -0.386. The first-order valence-corrected chi connectivity index (χ1v) is 12.6. The van der Waals surface area contributed by atoms with Crippen LogP contribution in [0.3, 0.4) is 0 Å². The molecule has 0 radical (unpaired) electrons. The number of carbonyl (C=O) groups is 2. The molecule has 0 saturated heterocycles. The molecule has 0 saturated carbocycles. The molecular weight excluding hydrogens is 362 g/mol. The molecular formula is C25H49NO3. The number of hydrogen-bond donors (Lipinski definition) is 1. The average molecular weight is 412 g/mol. The summed E-state index contributed by atoms with van der Waals surface area (Å²) in [6.07, 6.45) is 22.2. The van der Waals surface area contributed by atoms with Crippen LogP contribution >= 0.6 is 0 Å². The highest BCUT2D eigenvalue weighted by Gasteiger charge is 2.16. The lowest BCUT2D eigenvalue weighted by molar-refractivity contribution is -0.147. The van der Waals surface area contributed by atoms with E-state index >= 15 is 0 Å². The molecule has 0 aliphatic carbocycles. The van der Waals surface area contributed by atoms with Crippen LogP contribution in [0.25, 0.3) is 0 Å². The van der Waals surface area contributed by atoms with Gasteiger partial charge in [0.05, 0.1) is 6.61 Å². The quantitative estimate of drug-likeness (QED) is 0.162. The molecule has 0 heterocycles. The Morgan fingerprint density at radius 3 is 1.52 bits per heavy atom. The monoisotopic (exact) mass is 411 g/mol. The fraction of sp³-hybridized carbons (Fsp3) is 0.920. The van der Waals surface area contributed by atoms with E-state index in [1.165, 1.54) is 83.5 Å². The van der Waals surface area contributed by atoms with Crippen LogP contribution in [0.15, 0.2) is 0 Å². The van der Waals surface area contributed by atoms with Crippen molar-refractivity contribution in [2.24, 2.45) is 0 Å². The fourth-order valence-electron chi connectivity index (χ4n) is 3.48. The van der Waals surface area contributed by atoms with Crippen LogP contribution in [0, 0.1) is 0 Å². The normalized spacial score (nSPS) is 12.0. The van der Waals surface area contributed by atoms with Gasteiger partial charge < -0.3 is 10.1 Å². The summed E-state index contributed by atoms with van der Waals surface area (Å²) in [5, 5.41) is 2.71. The molecule has 0 fully saturated rings. The molecule has 4 heteroatoms. The second-order valence-corrected chi connectivity index (χ2v) is 8.51. The van der Waals surface area contributed by atoms with E-state index in [1.807, 2.05) is 6.92 Å². The van der Waals surface area contributed by atoms with Gasteiger partial charge in [0.15, 0.2) is 0 Å². The van der Waals surface area contributed by atoms with Crippen LogP contribution in [0.2, 0.25) is 0 Å². The van der Waals surface area contributed by atoms with Gasteiger partial charge in [0, 0.05) is 6.42 Å². The number of esters is 1. The summed E-state index contributed by atoms with van der Waals surface area (Å²) in [4.78, 5) is 23.5. The summed E-state index contributed by atoms with van der Waals surface area (Å²) >= 11 is 0. The third-order valence-corrected chi connectivity index (χ3v) is 5.48. The minimum Gasteiger partial charge on any atom is -0.464 e. The molecule has 0 unspecified atom stereocenters. The molecule has 0 aromatic carbocycles. The average Bonchev–Trinajstić information content (AvgIpc) is 2.71. The first-order chi connectivity index (χ1) is 14.1. The maximum absolute atomic E-state index is 11.9. The zero-order chi connectivity index (χ0) is 21.6. The van der Waals surface area contributed by atoms with E-state index in [0.717, 1.165) is 25.7 Å². The van der Waals surface area contributed by atoms with E-state index in [4.69, 9.17) is 4.74 Å². The molecule has 0 rings (SSSR count). The Kier molecular flexibility index (Phi) is 20.9. The van der Waals surface area contributed by atoms with Crippen molar-refractivity contribution in [3.05, 3.63) is 0 Å². The van der Waals surface area contributed by atoms with Gasteiger partial charge in [-0.25, -0.2) is 4.79 Å². The highest BCUT2D eigenvalue weighted by molar-refractivity contribution is 5.84. The Balaban J connectivity index is 3.32. The molecule has 4 nitrogen and oxygen atoms in total. The molecule has 1 atom stereocenters. The van der Waals surface area contributed by atoms with Crippen LogP contribution in [-0.4, -0.2) is 24.5 Å². The van der Waals surface area contributed by atoms with Crippen LogP contribution in [0.1, 0.15) is 136 Å². The second-order valence-electron chi connectivity index (χ2n) is 8.51. The van der Waals surface area contributed by atoms with Crippen molar-refractivity contribution >= 4 is 11.9 Å². The molecule has 0 spiro atoms. The van der Waals surface area contributed by atoms with E-state index in [9.17, 15) is 9.59 Å². The van der Waals surface area contributed by atoms with Crippen molar-refractivity contribution in [2.75, 3.05) is 6.61 Å². The predicted molar refractivity (Wildman–Crippen MR) is 123 cm³/mol. The molecule has 0 aliphatic heterocycles. The highest BCUT2D eigenvalue weighted by Crippen LogP contribution is 2.13. The van der Waals surface area contributed by atoms with E-state index in [0.29, 0.717) is 13.0 Å². The number of amides is 1. The molecule has 0 aromatic heterocycles. The van der Waals surface area contributed by atoms with Gasteiger partial charge in [0.2, 0.25) is 5.91 Å². The fourth-order valence-corrected chi connectivity index (χ4v) is 3.48. The Morgan fingerprint density at radius 2 is 1.07 bits per heavy atom. The maximum Gasteiger partial charge on any atom is 0.328 e. The van der Waals surface area contributed by atoms with Crippen molar-refractivity contribution in [3.63, 3.8) is 0 Å². The zero-order valence-electron chi connectivity index (χ0n) is 19.7. The smallest absolute Gasteiger partial charge is 0.328 e. The lowest BCUT2D eigenvalue weighted by atomic mass is 10.0. The van der Waals surface area contributed by atoms with Crippen molar-refractivity contribution in [1.29, 1.82) is 0 Å². The number of nitrogens with one attached hydrogen (secondary N) is 1. The predicted octanol–water partition coefficient (Wildman–Crippen LogP) is 7.10. The summed E-state index contributed by atoms with van der Waals surface area (Å²) in [7, 11) is 0. The number of carbonyl (C=O) groups excluding carboxylic acids is 2. The largest absolute Gasteiger partial charge is 0.464 e. The zero-order valence-corrected chi connectivity index (χ0v) is 19.7. The van der Waals surface area contributed by atoms with Gasteiger partial charge in [-0.15, -0.1) is 0 Å². The standard InChI is InChI=1S/C25H49NO3/c1-4-6-8-9-10-11-12-13-14-15-16-17-18-19-20-22-29-25(28)23(3)26-24(27)21-7-5-2/h23H,4-22H2,1-3H3,(H,26,27)/t23-/m0/s1. The molecule has 0 aliphatic rings. The third-order valence-electron chi connectivity index (χ3n) is 5.48. The van der Waals surface area contributed by atoms with E-state index in [2.05, 4.69) is 12.2 Å². The second kappa shape index (κ2) is 21.6. The van der Waals surface area contributed by atoms with Crippen LogP contribution in [0.5, 0.6) is 0 Å². The van der Waals surface area contributed by atoms with Gasteiger partial charge in [0.1, 0.15) is 6.04 Å². The molecule has 0 bridgehead atoms. The minimum atomic E-state index is -0.546. The van der Waals surface area contributed by atoms with Gasteiger partial charge in [-0.2, -0.15) is 0 Å². The van der Waals surface area contributed by atoms with Crippen molar-refractivity contribution in [3.8, 4) is 0 Å². The first-order valence-electron chi connectivity index (χ1n) is 12.6. The van der Waals surface area contributed by atoms with Gasteiger partial charge in [0.25, 0.3) is 0 Å². The molecule has 0 aromatic rings. The Bertz CT molecular complexity index is 384. The summed E-state index contributed by atoms with van der Waals surface area (Å²) in [6, 6.07) is -0.546. The van der Waals surface area contributed by atoms with E-state index < -0.39 is 6.04 Å². The summed E-state index contributed by atoms with van der Waals surface area (Å²) < 4.78 is 5.27. The number of ether oxygens (including phenoxy) is 1. The van der Waals surface area contributed by atoms with E-state index in [-0.39, 0.29) is 11.9 Å². The number of rotatable bonds is 21. The van der Waals surface area contributed by atoms with Crippen molar-refractivity contribution in [1.82, 2.24) is 5.32 Å². The third kappa shape index (κ3) is 20.0. The maximum atomic E-state index is 11.9. The van der Waals surface area contributed by atoms with Gasteiger partial charge in [-0.1, -0.05) is 110 Å².